The highest BCUT2D eigenvalue weighted by Crippen LogP contribution is 2.38. The Kier molecular flexibility index (Phi) is 5.19. The molecule has 1 saturated heterocycles. The summed E-state index contributed by atoms with van der Waals surface area (Å²) < 4.78 is 53.1. The third-order valence-electron chi connectivity index (χ3n) is 5.22. The van der Waals surface area contributed by atoms with Crippen LogP contribution in [0.15, 0.2) is 36.7 Å². The van der Waals surface area contributed by atoms with E-state index in [1.165, 1.54) is 12.4 Å². The lowest BCUT2D eigenvalue weighted by Crippen LogP contribution is -2.47. The quantitative estimate of drug-likeness (QED) is 0.626. The Morgan fingerprint density at radius 2 is 1.97 bits per heavy atom. The van der Waals surface area contributed by atoms with E-state index < -0.39 is 29.7 Å². The van der Waals surface area contributed by atoms with Gasteiger partial charge >= 0.3 is 6.18 Å². The van der Waals surface area contributed by atoms with E-state index in [-0.39, 0.29) is 11.3 Å². The number of phenols is 1. The van der Waals surface area contributed by atoms with E-state index in [0.29, 0.717) is 42.2 Å². The Hall–Kier alpha value is -3.01. The maximum absolute atomic E-state index is 14.4. The molecular formula is C20H19F4N5O. The average Bonchev–Trinajstić information content (AvgIpc) is 2.70. The summed E-state index contributed by atoms with van der Waals surface area (Å²) in [5.74, 6) is -0.230. The first-order valence-corrected chi connectivity index (χ1v) is 9.34. The van der Waals surface area contributed by atoms with Gasteiger partial charge in [-0.1, -0.05) is 0 Å². The van der Waals surface area contributed by atoms with Gasteiger partial charge in [0.05, 0.1) is 11.6 Å². The highest BCUT2D eigenvalue weighted by molar-refractivity contribution is 6.00. The summed E-state index contributed by atoms with van der Waals surface area (Å²) in [7, 11) is 1.91. The van der Waals surface area contributed by atoms with Crippen molar-refractivity contribution in [2.75, 3.05) is 25.5 Å². The van der Waals surface area contributed by atoms with Crippen LogP contribution >= 0.6 is 0 Å². The number of likely N-dealkylation sites (N-methyl/N-ethyl adjacent to an activating group) is 1. The Morgan fingerprint density at radius 1 is 1.17 bits per heavy atom. The number of rotatable bonds is 3. The van der Waals surface area contributed by atoms with Crippen LogP contribution in [-0.2, 0) is 6.18 Å². The highest BCUT2D eigenvalue weighted by atomic mass is 19.4. The molecule has 3 aromatic rings. The Labute approximate surface area is 169 Å². The van der Waals surface area contributed by atoms with Crippen molar-refractivity contribution in [2.24, 2.45) is 0 Å². The van der Waals surface area contributed by atoms with Gasteiger partial charge in [0.15, 0.2) is 5.82 Å². The fourth-order valence-electron chi connectivity index (χ4n) is 3.61. The first-order valence-electron chi connectivity index (χ1n) is 9.34. The second-order valence-corrected chi connectivity index (χ2v) is 7.37. The van der Waals surface area contributed by atoms with Crippen LogP contribution in [0.25, 0.3) is 22.0 Å². The molecule has 30 heavy (non-hydrogen) atoms. The van der Waals surface area contributed by atoms with Gasteiger partial charge in [-0.2, -0.15) is 13.2 Å². The van der Waals surface area contributed by atoms with Gasteiger partial charge in [0, 0.05) is 41.8 Å². The molecule has 0 radical (unpaired) electrons. The van der Waals surface area contributed by atoms with E-state index in [1.807, 2.05) is 11.9 Å². The first kappa shape index (κ1) is 20.3. The molecule has 2 aromatic heterocycles. The molecule has 1 aromatic carbocycles. The number of piperidine rings is 1. The van der Waals surface area contributed by atoms with E-state index >= 15 is 0 Å². The molecule has 2 N–H and O–H groups in total. The first-order chi connectivity index (χ1) is 14.2. The van der Waals surface area contributed by atoms with Crippen LogP contribution < -0.4 is 5.32 Å². The number of hydrogen-bond donors (Lipinski definition) is 2. The van der Waals surface area contributed by atoms with Gasteiger partial charge in [-0.05, 0) is 37.7 Å². The normalized spacial score (nSPS) is 20.4. The summed E-state index contributed by atoms with van der Waals surface area (Å²) in [6, 6.07) is 3.83. The second-order valence-electron chi connectivity index (χ2n) is 7.37. The molecule has 6 nitrogen and oxygen atoms in total. The van der Waals surface area contributed by atoms with Crippen molar-refractivity contribution < 1.29 is 22.7 Å². The number of halogens is 4. The predicted octanol–water partition coefficient (Wildman–Crippen LogP) is 3.87. The summed E-state index contributed by atoms with van der Waals surface area (Å²) >= 11 is 0. The number of phenolic OH excluding ortho intramolecular Hbond substituents is 1. The molecule has 0 spiro atoms. The highest BCUT2D eigenvalue weighted by Gasteiger charge is 2.32. The van der Waals surface area contributed by atoms with Crippen molar-refractivity contribution >= 4 is 16.6 Å². The van der Waals surface area contributed by atoms with Crippen molar-refractivity contribution in [3.8, 4) is 17.0 Å². The van der Waals surface area contributed by atoms with Crippen LogP contribution in [0.3, 0.4) is 0 Å². The summed E-state index contributed by atoms with van der Waals surface area (Å²) in [6.07, 6.45) is -2.19. The monoisotopic (exact) mass is 421 g/mol. The molecule has 1 fully saturated rings. The lowest BCUT2D eigenvalue weighted by Gasteiger charge is -2.33. The molecule has 0 unspecified atom stereocenters. The number of aromatic nitrogens is 3. The van der Waals surface area contributed by atoms with Crippen molar-refractivity contribution in [3.63, 3.8) is 0 Å². The van der Waals surface area contributed by atoms with Crippen molar-refractivity contribution in [1.29, 1.82) is 0 Å². The van der Waals surface area contributed by atoms with E-state index in [1.54, 1.807) is 6.07 Å². The molecule has 0 aliphatic carbocycles. The number of pyridine rings is 1. The van der Waals surface area contributed by atoms with Gasteiger partial charge in [-0.15, -0.1) is 10.2 Å². The maximum atomic E-state index is 14.4. The average molecular weight is 421 g/mol. The predicted molar refractivity (Wildman–Crippen MR) is 104 cm³/mol. The third-order valence-corrected chi connectivity index (χ3v) is 5.22. The van der Waals surface area contributed by atoms with Crippen molar-refractivity contribution in [1.82, 2.24) is 20.1 Å². The minimum Gasteiger partial charge on any atom is -0.507 e. The van der Waals surface area contributed by atoms with Gasteiger partial charge in [-0.25, -0.2) is 4.39 Å². The molecule has 0 amide bonds. The minimum absolute atomic E-state index is 0.110. The summed E-state index contributed by atoms with van der Waals surface area (Å²) in [5, 5.41) is 22.6. The number of aromatic hydroxyl groups is 1. The van der Waals surface area contributed by atoms with Gasteiger partial charge in [0.2, 0.25) is 0 Å². The fraction of sp³-hybridized carbons (Fsp3) is 0.350. The number of nitrogens with one attached hydrogen (secondary N) is 1. The van der Waals surface area contributed by atoms with Crippen LogP contribution in [0.2, 0.25) is 0 Å². The zero-order valence-electron chi connectivity index (χ0n) is 16.0. The van der Waals surface area contributed by atoms with E-state index in [0.717, 1.165) is 12.1 Å². The van der Waals surface area contributed by atoms with E-state index in [9.17, 15) is 22.7 Å². The van der Waals surface area contributed by atoms with Crippen LogP contribution in [-0.4, -0.2) is 57.5 Å². The zero-order valence-corrected chi connectivity index (χ0v) is 16.0. The van der Waals surface area contributed by atoms with E-state index in [2.05, 4.69) is 20.5 Å². The molecule has 158 valence electrons. The molecular weight excluding hydrogens is 402 g/mol. The van der Waals surface area contributed by atoms with Gasteiger partial charge in [0.1, 0.15) is 17.6 Å². The van der Waals surface area contributed by atoms with Crippen molar-refractivity contribution in [2.45, 2.75) is 24.8 Å². The third kappa shape index (κ3) is 3.87. The Morgan fingerprint density at radius 3 is 2.70 bits per heavy atom. The fourth-order valence-corrected chi connectivity index (χ4v) is 3.61. The van der Waals surface area contributed by atoms with Gasteiger partial charge < -0.3 is 15.3 Å². The lowest BCUT2D eigenvalue weighted by atomic mass is 10.0. The standard InChI is InChI=1S/C20H19F4N5O/c1-29-7-5-15(21)16(10-29)26-19-14-9-25-6-4-12(14)18(27-28-19)13-3-2-11(8-17(13)30)20(22,23)24/h2-4,6,8-9,15-16,30H,5,7,10H2,1H3,(H,26,28)/t15-,16+/m1/s1. The van der Waals surface area contributed by atoms with E-state index in [4.69, 9.17) is 0 Å². The van der Waals surface area contributed by atoms with Gasteiger partial charge in [-0.3, -0.25) is 4.98 Å². The maximum Gasteiger partial charge on any atom is 0.416 e. The van der Waals surface area contributed by atoms with Crippen molar-refractivity contribution in [3.05, 3.63) is 42.2 Å². The van der Waals surface area contributed by atoms with Crippen LogP contribution in [0, 0.1) is 0 Å². The Bertz CT molecular complexity index is 1070. The number of likely N-dealkylation sites (tertiary alicyclic amines) is 1. The molecule has 0 bridgehead atoms. The lowest BCUT2D eigenvalue weighted by molar-refractivity contribution is -0.137. The number of hydrogen-bond acceptors (Lipinski definition) is 6. The molecule has 10 heteroatoms. The minimum atomic E-state index is -4.57. The topological polar surface area (TPSA) is 74.2 Å². The number of nitrogens with zero attached hydrogens (tertiary/aromatic N) is 4. The largest absolute Gasteiger partial charge is 0.507 e. The number of alkyl halides is 4. The molecule has 2 atom stereocenters. The second kappa shape index (κ2) is 7.67. The summed E-state index contributed by atoms with van der Waals surface area (Å²) in [5.41, 5.74) is -0.642. The van der Waals surface area contributed by atoms with Crippen LogP contribution in [0.1, 0.15) is 12.0 Å². The SMILES string of the molecule is CN1CC[C@@H](F)[C@@H](Nc2nnc(-c3ccc(C(F)(F)F)cc3O)c3ccncc23)C1. The smallest absolute Gasteiger partial charge is 0.416 e. The van der Waals surface area contributed by atoms with Crippen LogP contribution in [0.5, 0.6) is 5.75 Å². The molecule has 1 aliphatic rings. The number of anilines is 1. The number of fused-ring (bicyclic) bond motifs is 1. The molecule has 1 aliphatic heterocycles. The Balaban J connectivity index is 1.75. The molecule has 3 heterocycles. The molecule has 0 saturated carbocycles. The molecule has 4 rings (SSSR count). The zero-order chi connectivity index (χ0) is 21.5. The van der Waals surface area contributed by atoms with Gasteiger partial charge in [0.25, 0.3) is 0 Å². The summed E-state index contributed by atoms with van der Waals surface area (Å²) in [6.45, 7) is 1.16. The number of benzene rings is 1. The summed E-state index contributed by atoms with van der Waals surface area (Å²) in [4.78, 5) is 6.09. The van der Waals surface area contributed by atoms with Crippen LogP contribution in [0.4, 0.5) is 23.4 Å².